The zero-order valence-corrected chi connectivity index (χ0v) is 14.3. The molecule has 1 aromatic rings. The van der Waals surface area contributed by atoms with Crippen LogP contribution in [-0.2, 0) is 10.0 Å². The molecule has 6 heteroatoms. The minimum atomic E-state index is -3.59. The maximum atomic E-state index is 12.5. The molecule has 0 spiro atoms. The minimum Gasteiger partial charge on any atom is -0.398 e. The molecule has 3 N–H and O–H groups in total. The van der Waals surface area contributed by atoms with Gasteiger partial charge in [-0.25, -0.2) is 13.1 Å². The summed E-state index contributed by atoms with van der Waals surface area (Å²) in [4.78, 5) is 0.140. The zero-order valence-electron chi connectivity index (χ0n) is 12.7. The second-order valence-electron chi connectivity index (χ2n) is 6.24. The zero-order chi connectivity index (χ0) is 15.8. The molecule has 0 saturated heterocycles. The molecule has 1 aliphatic rings. The van der Waals surface area contributed by atoms with Crippen molar-refractivity contribution in [3.05, 3.63) is 22.7 Å². The smallest absolute Gasteiger partial charge is 0.240 e. The summed E-state index contributed by atoms with van der Waals surface area (Å²) in [7, 11) is -3.59. The Hall–Kier alpha value is -0.780. The van der Waals surface area contributed by atoms with E-state index in [-0.39, 0.29) is 10.9 Å². The Bertz CT molecular complexity index is 608. The summed E-state index contributed by atoms with van der Waals surface area (Å²) in [6.07, 6.45) is 2.97. The molecule has 4 nitrogen and oxygen atoms in total. The molecule has 1 aromatic carbocycles. The molecule has 0 amide bonds. The summed E-state index contributed by atoms with van der Waals surface area (Å²) < 4.78 is 27.8. The largest absolute Gasteiger partial charge is 0.398 e. The molecule has 1 saturated carbocycles. The Morgan fingerprint density at radius 1 is 1.29 bits per heavy atom. The molecule has 0 aromatic heterocycles. The highest BCUT2D eigenvalue weighted by atomic mass is 35.5. The van der Waals surface area contributed by atoms with Crippen molar-refractivity contribution in [2.75, 3.05) is 5.73 Å². The highest BCUT2D eigenvalue weighted by Gasteiger charge is 2.29. The van der Waals surface area contributed by atoms with E-state index in [4.69, 9.17) is 17.3 Å². The third-order valence-corrected chi connectivity index (χ3v) is 6.27. The molecule has 0 heterocycles. The molecule has 1 aliphatic carbocycles. The van der Waals surface area contributed by atoms with Gasteiger partial charge in [0.1, 0.15) is 0 Å². The van der Waals surface area contributed by atoms with Crippen molar-refractivity contribution >= 4 is 27.3 Å². The highest BCUT2D eigenvalue weighted by Crippen LogP contribution is 2.31. The highest BCUT2D eigenvalue weighted by molar-refractivity contribution is 7.89. The first-order chi connectivity index (χ1) is 9.70. The number of nitrogens with two attached hydrogens (primary N) is 1. The molecule has 21 heavy (non-hydrogen) atoms. The van der Waals surface area contributed by atoms with Crippen molar-refractivity contribution < 1.29 is 8.42 Å². The van der Waals surface area contributed by atoms with Crippen LogP contribution in [-0.4, -0.2) is 14.5 Å². The lowest BCUT2D eigenvalue weighted by atomic mass is 9.80. The Balaban J connectivity index is 2.23. The van der Waals surface area contributed by atoms with E-state index in [0.717, 1.165) is 19.3 Å². The maximum absolute atomic E-state index is 12.5. The fourth-order valence-electron chi connectivity index (χ4n) is 2.94. The van der Waals surface area contributed by atoms with Crippen LogP contribution in [0.5, 0.6) is 0 Å². The summed E-state index contributed by atoms with van der Waals surface area (Å²) in [5.41, 5.74) is 6.92. The number of benzene rings is 1. The van der Waals surface area contributed by atoms with Gasteiger partial charge in [-0.15, -0.1) is 0 Å². The van der Waals surface area contributed by atoms with E-state index in [9.17, 15) is 8.42 Å². The topological polar surface area (TPSA) is 72.2 Å². The van der Waals surface area contributed by atoms with Gasteiger partial charge in [-0.1, -0.05) is 25.4 Å². The fraction of sp³-hybridized carbons (Fsp3) is 0.600. The second kappa shape index (κ2) is 6.15. The van der Waals surface area contributed by atoms with Gasteiger partial charge in [0.15, 0.2) is 0 Å². The quantitative estimate of drug-likeness (QED) is 0.835. The van der Waals surface area contributed by atoms with Gasteiger partial charge in [0.25, 0.3) is 0 Å². The van der Waals surface area contributed by atoms with Gasteiger partial charge < -0.3 is 5.73 Å². The van der Waals surface area contributed by atoms with Crippen molar-refractivity contribution in [1.82, 2.24) is 4.72 Å². The monoisotopic (exact) mass is 330 g/mol. The van der Waals surface area contributed by atoms with Gasteiger partial charge in [0.05, 0.1) is 4.90 Å². The number of sulfonamides is 1. The molecular weight excluding hydrogens is 308 g/mol. The molecule has 2 rings (SSSR count). The van der Waals surface area contributed by atoms with Crippen LogP contribution in [0, 0.1) is 18.8 Å². The molecule has 0 bridgehead atoms. The van der Waals surface area contributed by atoms with Gasteiger partial charge in [-0.3, -0.25) is 0 Å². The van der Waals surface area contributed by atoms with Crippen LogP contribution in [0.25, 0.3) is 0 Å². The first kappa shape index (κ1) is 16.6. The molecular formula is C15H23ClN2O2S. The molecule has 3 unspecified atom stereocenters. The van der Waals surface area contributed by atoms with Crippen LogP contribution in [0.1, 0.15) is 38.7 Å². The van der Waals surface area contributed by atoms with Gasteiger partial charge in [-0.05, 0) is 55.7 Å². The van der Waals surface area contributed by atoms with Crippen molar-refractivity contribution in [1.29, 1.82) is 0 Å². The Morgan fingerprint density at radius 2 is 1.95 bits per heavy atom. The first-order valence-corrected chi connectivity index (χ1v) is 9.14. The summed E-state index contributed by atoms with van der Waals surface area (Å²) in [6.45, 7) is 6.08. The van der Waals surface area contributed by atoms with Crippen molar-refractivity contribution in [2.45, 2.75) is 51.0 Å². The van der Waals surface area contributed by atoms with Crippen molar-refractivity contribution in [2.24, 2.45) is 11.8 Å². The number of nitrogens with one attached hydrogen (secondary N) is 1. The van der Waals surface area contributed by atoms with Crippen molar-refractivity contribution in [3.8, 4) is 0 Å². The lowest BCUT2D eigenvalue weighted by Gasteiger charge is -2.32. The second-order valence-corrected chi connectivity index (χ2v) is 8.36. The van der Waals surface area contributed by atoms with Crippen LogP contribution in [0.15, 0.2) is 17.0 Å². The Labute approximate surface area is 132 Å². The van der Waals surface area contributed by atoms with Gasteiger partial charge in [0, 0.05) is 16.8 Å². The number of rotatable bonds is 3. The Kier molecular flexibility index (Phi) is 4.85. The van der Waals surface area contributed by atoms with E-state index in [2.05, 4.69) is 18.6 Å². The van der Waals surface area contributed by atoms with E-state index in [1.165, 1.54) is 12.1 Å². The summed E-state index contributed by atoms with van der Waals surface area (Å²) in [6, 6.07) is 2.92. The standard InChI is InChI=1S/C15H23ClN2O2S/c1-9-4-5-15(10(2)6-9)18-21(19,20)12-7-13(16)11(3)14(17)8-12/h7-10,15,18H,4-6,17H2,1-3H3. The number of nitrogen functional groups attached to an aromatic ring is 1. The molecule has 0 radical (unpaired) electrons. The van der Waals surface area contributed by atoms with Crippen LogP contribution in [0.2, 0.25) is 5.02 Å². The summed E-state index contributed by atoms with van der Waals surface area (Å²) in [5, 5.41) is 0.376. The lowest BCUT2D eigenvalue weighted by Crippen LogP contribution is -2.42. The predicted octanol–water partition coefficient (Wildman–Crippen LogP) is 3.33. The average Bonchev–Trinajstić information content (AvgIpc) is 2.38. The van der Waals surface area contributed by atoms with Crippen LogP contribution in [0.4, 0.5) is 5.69 Å². The SMILES string of the molecule is Cc1c(N)cc(S(=O)(=O)NC2CCC(C)CC2C)cc1Cl. The van der Waals surface area contributed by atoms with E-state index >= 15 is 0 Å². The molecule has 1 fully saturated rings. The third kappa shape index (κ3) is 3.71. The van der Waals surface area contributed by atoms with E-state index < -0.39 is 10.0 Å². The van der Waals surface area contributed by atoms with Crippen LogP contribution >= 0.6 is 11.6 Å². The van der Waals surface area contributed by atoms with Gasteiger partial charge in [0.2, 0.25) is 10.0 Å². The number of hydrogen-bond acceptors (Lipinski definition) is 3. The first-order valence-electron chi connectivity index (χ1n) is 7.28. The van der Waals surface area contributed by atoms with E-state index in [1.807, 2.05) is 0 Å². The molecule has 3 atom stereocenters. The lowest BCUT2D eigenvalue weighted by molar-refractivity contribution is 0.249. The average molecular weight is 331 g/mol. The number of halogens is 1. The summed E-state index contributed by atoms with van der Waals surface area (Å²) in [5.74, 6) is 0.993. The maximum Gasteiger partial charge on any atom is 0.240 e. The molecule has 0 aliphatic heterocycles. The normalized spacial score (nSPS) is 26.8. The summed E-state index contributed by atoms with van der Waals surface area (Å²) >= 11 is 6.04. The molecule has 118 valence electrons. The van der Waals surface area contributed by atoms with Gasteiger partial charge in [-0.2, -0.15) is 0 Å². The minimum absolute atomic E-state index is 0.0208. The van der Waals surface area contributed by atoms with Crippen LogP contribution in [0.3, 0.4) is 0 Å². The fourth-order valence-corrected chi connectivity index (χ4v) is 4.67. The number of anilines is 1. The Morgan fingerprint density at radius 3 is 2.52 bits per heavy atom. The van der Waals surface area contributed by atoms with Crippen LogP contribution < -0.4 is 10.5 Å². The van der Waals surface area contributed by atoms with Gasteiger partial charge >= 0.3 is 0 Å². The number of hydrogen-bond donors (Lipinski definition) is 2. The third-order valence-electron chi connectivity index (χ3n) is 4.41. The van der Waals surface area contributed by atoms with Crippen molar-refractivity contribution in [3.63, 3.8) is 0 Å². The van der Waals surface area contributed by atoms with E-state index in [0.29, 0.717) is 28.1 Å². The predicted molar refractivity (Wildman–Crippen MR) is 86.9 cm³/mol. The van der Waals surface area contributed by atoms with E-state index in [1.54, 1.807) is 6.92 Å².